The van der Waals surface area contributed by atoms with Gasteiger partial charge in [-0.15, -0.1) is 10.2 Å². The zero-order valence-corrected chi connectivity index (χ0v) is 17.1. The van der Waals surface area contributed by atoms with E-state index in [1.54, 1.807) is 4.52 Å². The standard InChI is InChI=1S/C21H20N10/c1-3-14-12-18(31-21(23-14)24-20(22)27-31)30(2)15-10-8-13(9-11-15)16-6-4-5-7-17(16)19-25-28-29-26-19/h4-12H,3H2,1-2H3,(H2,22,27)(H,25,26,28,29). The molecule has 3 heterocycles. The molecule has 0 aliphatic heterocycles. The Hall–Kier alpha value is -4.34. The van der Waals surface area contributed by atoms with Crippen LogP contribution in [0.2, 0.25) is 0 Å². The first-order chi connectivity index (χ1) is 15.1. The molecule has 0 aliphatic carbocycles. The van der Waals surface area contributed by atoms with Crippen molar-refractivity contribution in [3.63, 3.8) is 0 Å². The number of hydrogen-bond donors (Lipinski definition) is 2. The fraction of sp³-hybridized carbons (Fsp3) is 0.143. The summed E-state index contributed by atoms with van der Waals surface area (Å²) < 4.78 is 1.66. The van der Waals surface area contributed by atoms with Gasteiger partial charge >= 0.3 is 0 Å². The van der Waals surface area contributed by atoms with E-state index in [0.717, 1.165) is 40.3 Å². The van der Waals surface area contributed by atoms with E-state index in [-0.39, 0.29) is 5.95 Å². The van der Waals surface area contributed by atoms with Gasteiger partial charge in [0.15, 0.2) is 5.82 Å². The van der Waals surface area contributed by atoms with E-state index in [1.165, 1.54) is 0 Å². The summed E-state index contributed by atoms with van der Waals surface area (Å²) in [6.45, 7) is 2.05. The van der Waals surface area contributed by atoms with Gasteiger partial charge < -0.3 is 10.6 Å². The highest BCUT2D eigenvalue weighted by Crippen LogP contribution is 2.32. The van der Waals surface area contributed by atoms with Gasteiger partial charge in [0.05, 0.1) is 0 Å². The summed E-state index contributed by atoms with van der Waals surface area (Å²) >= 11 is 0. The lowest BCUT2D eigenvalue weighted by atomic mass is 9.99. The molecule has 0 saturated heterocycles. The molecule has 154 valence electrons. The number of nitrogens with two attached hydrogens (primary N) is 1. The number of benzene rings is 2. The molecule has 0 aliphatic rings. The smallest absolute Gasteiger partial charge is 0.256 e. The monoisotopic (exact) mass is 412 g/mol. The van der Waals surface area contributed by atoms with Crippen LogP contribution in [0.25, 0.3) is 28.3 Å². The fourth-order valence-corrected chi connectivity index (χ4v) is 3.55. The molecule has 0 amide bonds. The molecule has 5 aromatic rings. The number of H-pyrrole nitrogens is 1. The molecular weight excluding hydrogens is 392 g/mol. The van der Waals surface area contributed by atoms with Crippen molar-refractivity contribution in [2.45, 2.75) is 13.3 Å². The molecule has 0 radical (unpaired) electrons. The van der Waals surface area contributed by atoms with E-state index in [4.69, 9.17) is 5.73 Å². The number of anilines is 3. The largest absolute Gasteiger partial charge is 0.366 e. The lowest BCUT2D eigenvalue weighted by molar-refractivity contribution is 0.881. The van der Waals surface area contributed by atoms with Crippen molar-refractivity contribution in [3.05, 3.63) is 60.3 Å². The van der Waals surface area contributed by atoms with Crippen molar-refractivity contribution in [1.29, 1.82) is 0 Å². The number of nitrogen functional groups attached to an aromatic ring is 1. The Labute approximate surface area is 177 Å². The Morgan fingerprint density at radius 2 is 1.81 bits per heavy atom. The third-order valence-electron chi connectivity index (χ3n) is 5.16. The van der Waals surface area contributed by atoms with E-state index in [1.807, 2.05) is 36.2 Å². The molecule has 3 aromatic heterocycles. The number of aromatic nitrogens is 8. The van der Waals surface area contributed by atoms with Crippen LogP contribution >= 0.6 is 0 Å². The number of nitrogens with zero attached hydrogens (tertiary/aromatic N) is 8. The van der Waals surface area contributed by atoms with E-state index >= 15 is 0 Å². The summed E-state index contributed by atoms with van der Waals surface area (Å²) in [5.74, 6) is 2.16. The number of tetrazole rings is 1. The van der Waals surface area contributed by atoms with Crippen LogP contribution in [0.3, 0.4) is 0 Å². The molecule has 3 N–H and O–H groups in total. The molecule has 2 aromatic carbocycles. The Morgan fingerprint density at radius 3 is 2.52 bits per heavy atom. The Balaban J connectivity index is 1.53. The van der Waals surface area contributed by atoms with Gasteiger partial charge in [0.25, 0.3) is 5.78 Å². The molecule has 0 atom stereocenters. The summed E-state index contributed by atoms with van der Waals surface area (Å²) in [5, 5.41) is 18.6. The highest BCUT2D eigenvalue weighted by Gasteiger charge is 2.15. The van der Waals surface area contributed by atoms with E-state index < -0.39 is 0 Å². The zero-order chi connectivity index (χ0) is 21.4. The van der Waals surface area contributed by atoms with Gasteiger partial charge in [-0.25, -0.2) is 10.1 Å². The predicted octanol–water partition coefficient (Wildman–Crippen LogP) is 2.88. The molecule has 0 spiro atoms. The average Bonchev–Trinajstić information content (AvgIpc) is 3.47. The van der Waals surface area contributed by atoms with Crippen LogP contribution in [0.1, 0.15) is 12.6 Å². The number of aromatic amines is 1. The summed E-state index contributed by atoms with van der Waals surface area (Å²) in [6, 6.07) is 18.3. The van der Waals surface area contributed by atoms with Gasteiger partial charge in [-0.3, -0.25) is 0 Å². The Morgan fingerprint density at radius 1 is 1.03 bits per heavy atom. The van der Waals surface area contributed by atoms with E-state index in [2.05, 4.69) is 72.9 Å². The first-order valence-electron chi connectivity index (χ1n) is 9.83. The number of fused-ring (bicyclic) bond motifs is 1. The fourth-order valence-electron chi connectivity index (χ4n) is 3.55. The quantitative estimate of drug-likeness (QED) is 0.451. The second-order valence-electron chi connectivity index (χ2n) is 7.04. The molecule has 0 saturated carbocycles. The van der Waals surface area contributed by atoms with Crippen molar-refractivity contribution in [2.24, 2.45) is 0 Å². The van der Waals surface area contributed by atoms with Crippen molar-refractivity contribution in [2.75, 3.05) is 17.7 Å². The summed E-state index contributed by atoms with van der Waals surface area (Å²) in [5.41, 5.74) is 10.8. The second kappa shape index (κ2) is 7.48. The zero-order valence-electron chi connectivity index (χ0n) is 17.1. The third-order valence-corrected chi connectivity index (χ3v) is 5.16. The van der Waals surface area contributed by atoms with Crippen molar-refractivity contribution >= 4 is 23.2 Å². The summed E-state index contributed by atoms with van der Waals surface area (Å²) in [6.07, 6.45) is 0.788. The highest BCUT2D eigenvalue weighted by atomic mass is 15.5. The van der Waals surface area contributed by atoms with Gasteiger partial charge in [0, 0.05) is 30.1 Å². The van der Waals surface area contributed by atoms with Gasteiger partial charge in [0.1, 0.15) is 5.82 Å². The maximum atomic E-state index is 5.81. The molecular formula is C21H20N10. The SMILES string of the molecule is CCc1cc(N(C)c2ccc(-c3ccccc3-c3nnn[nH]3)cc2)n2nc(N)nc2n1. The summed E-state index contributed by atoms with van der Waals surface area (Å²) in [4.78, 5) is 10.8. The van der Waals surface area contributed by atoms with Gasteiger partial charge in [-0.2, -0.15) is 9.50 Å². The van der Waals surface area contributed by atoms with Gasteiger partial charge in [0.2, 0.25) is 5.95 Å². The normalized spacial score (nSPS) is 11.2. The Kier molecular flexibility index (Phi) is 4.51. The van der Waals surface area contributed by atoms with Gasteiger partial charge in [-0.05, 0) is 40.1 Å². The second-order valence-corrected chi connectivity index (χ2v) is 7.04. The first kappa shape index (κ1) is 18.7. The minimum Gasteiger partial charge on any atom is -0.366 e. The van der Waals surface area contributed by atoms with Crippen LogP contribution in [-0.4, -0.2) is 47.3 Å². The van der Waals surface area contributed by atoms with Crippen LogP contribution in [0.4, 0.5) is 17.5 Å². The van der Waals surface area contributed by atoms with Crippen LogP contribution in [0.5, 0.6) is 0 Å². The molecule has 0 bridgehead atoms. The van der Waals surface area contributed by atoms with Gasteiger partial charge in [-0.1, -0.05) is 43.3 Å². The summed E-state index contributed by atoms with van der Waals surface area (Å²) in [7, 11) is 1.98. The number of nitrogens with one attached hydrogen (secondary N) is 1. The first-order valence-corrected chi connectivity index (χ1v) is 9.83. The highest BCUT2D eigenvalue weighted by molar-refractivity contribution is 5.81. The van der Waals surface area contributed by atoms with Crippen LogP contribution in [-0.2, 0) is 6.42 Å². The average molecular weight is 412 g/mol. The van der Waals surface area contributed by atoms with Crippen LogP contribution in [0, 0.1) is 0 Å². The van der Waals surface area contributed by atoms with Crippen molar-refractivity contribution in [1.82, 2.24) is 40.2 Å². The van der Waals surface area contributed by atoms with Crippen LogP contribution in [0.15, 0.2) is 54.6 Å². The van der Waals surface area contributed by atoms with Crippen molar-refractivity contribution in [3.8, 4) is 22.5 Å². The molecule has 0 fully saturated rings. The minimum atomic E-state index is 0.198. The molecule has 10 nitrogen and oxygen atoms in total. The van der Waals surface area contributed by atoms with E-state index in [9.17, 15) is 0 Å². The lowest BCUT2D eigenvalue weighted by Gasteiger charge is -2.21. The molecule has 10 heteroatoms. The van der Waals surface area contributed by atoms with Crippen LogP contribution < -0.4 is 10.6 Å². The maximum absolute atomic E-state index is 5.81. The molecule has 31 heavy (non-hydrogen) atoms. The topological polar surface area (TPSA) is 127 Å². The minimum absolute atomic E-state index is 0.198. The third kappa shape index (κ3) is 3.33. The Bertz CT molecular complexity index is 1340. The molecule has 5 rings (SSSR count). The lowest BCUT2D eigenvalue weighted by Crippen LogP contribution is -2.15. The predicted molar refractivity (Wildman–Crippen MR) is 118 cm³/mol. The number of hydrogen-bond acceptors (Lipinski definition) is 8. The van der Waals surface area contributed by atoms with Crippen molar-refractivity contribution < 1.29 is 0 Å². The molecule has 0 unspecified atom stereocenters. The van der Waals surface area contributed by atoms with E-state index in [0.29, 0.717) is 11.6 Å². The maximum Gasteiger partial charge on any atom is 0.256 e. The number of rotatable bonds is 5. The number of aryl methyl sites for hydroxylation is 1.